The summed E-state index contributed by atoms with van der Waals surface area (Å²) in [6, 6.07) is 2.34. The largest absolute Gasteiger partial charge is 0.304 e. The molecule has 4 heteroatoms. The van der Waals surface area contributed by atoms with Crippen LogP contribution < -0.4 is 5.90 Å². The number of hydrogen-bond donors (Lipinski definition) is 1. The van der Waals surface area contributed by atoms with E-state index in [2.05, 4.69) is 4.84 Å². The Morgan fingerprint density at radius 3 is 2.54 bits per heavy atom. The molecule has 2 nitrogen and oxygen atoms in total. The van der Waals surface area contributed by atoms with Crippen molar-refractivity contribution >= 4 is 0 Å². The van der Waals surface area contributed by atoms with Gasteiger partial charge in [-0.25, -0.2) is 14.7 Å². The van der Waals surface area contributed by atoms with Gasteiger partial charge in [0.05, 0.1) is 6.61 Å². The predicted molar refractivity (Wildman–Crippen MR) is 44.9 cm³/mol. The first-order chi connectivity index (χ1) is 6.15. The Labute approximate surface area is 75.3 Å². The molecule has 0 bridgehead atoms. The van der Waals surface area contributed by atoms with Gasteiger partial charge in [0.1, 0.15) is 0 Å². The molecule has 0 aliphatic rings. The van der Waals surface area contributed by atoms with Crippen molar-refractivity contribution in [2.45, 2.75) is 13.3 Å². The van der Waals surface area contributed by atoms with Crippen LogP contribution in [-0.4, -0.2) is 6.61 Å². The molecule has 1 aromatic carbocycles. The Morgan fingerprint density at radius 2 is 1.92 bits per heavy atom. The molecular weight excluding hydrogens is 176 g/mol. The van der Waals surface area contributed by atoms with Gasteiger partial charge in [-0.05, 0) is 36.6 Å². The second kappa shape index (κ2) is 4.30. The summed E-state index contributed by atoms with van der Waals surface area (Å²) in [4.78, 5) is 4.35. The monoisotopic (exact) mass is 187 g/mol. The molecule has 72 valence electrons. The number of halogens is 2. The van der Waals surface area contributed by atoms with Crippen molar-refractivity contribution in [1.29, 1.82) is 0 Å². The van der Waals surface area contributed by atoms with Gasteiger partial charge in [-0.15, -0.1) is 0 Å². The Balaban J connectivity index is 2.88. The summed E-state index contributed by atoms with van der Waals surface area (Å²) in [5.74, 6) is 3.17. The van der Waals surface area contributed by atoms with Gasteiger partial charge in [0.25, 0.3) is 0 Å². The van der Waals surface area contributed by atoms with Crippen molar-refractivity contribution in [3.05, 3.63) is 34.9 Å². The normalized spacial score (nSPS) is 10.5. The zero-order chi connectivity index (χ0) is 9.84. The van der Waals surface area contributed by atoms with Gasteiger partial charge in [0.15, 0.2) is 11.6 Å². The third-order valence-corrected chi connectivity index (χ3v) is 1.87. The highest BCUT2D eigenvalue weighted by atomic mass is 19.2. The molecule has 0 saturated heterocycles. The zero-order valence-electron chi connectivity index (χ0n) is 7.31. The van der Waals surface area contributed by atoms with E-state index in [1.165, 1.54) is 12.1 Å². The summed E-state index contributed by atoms with van der Waals surface area (Å²) in [5.41, 5.74) is 1.42. The summed E-state index contributed by atoms with van der Waals surface area (Å²) >= 11 is 0. The van der Waals surface area contributed by atoms with Crippen LogP contribution in [0.3, 0.4) is 0 Å². The lowest BCUT2D eigenvalue weighted by Gasteiger charge is -2.05. The van der Waals surface area contributed by atoms with Crippen LogP contribution in [0.1, 0.15) is 11.1 Å². The Hall–Kier alpha value is -1.00. The van der Waals surface area contributed by atoms with Gasteiger partial charge < -0.3 is 4.84 Å². The van der Waals surface area contributed by atoms with Crippen LogP contribution in [0.25, 0.3) is 0 Å². The van der Waals surface area contributed by atoms with Gasteiger partial charge in [0, 0.05) is 0 Å². The molecule has 0 spiro atoms. The van der Waals surface area contributed by atoms with Crippen molar-refractivity contribution in [3.8, 4) is 0 Å². The van der Waals surface area contributed by atoms with E-state index < -0.39 is 11.6 Å². The Bertz CT molecular complexity index is 302. The summed E-state index contributed by atoms with van der Waals surface area (Å²) in [5, 5.41) is 0. The smallest absolute Gasteiger partial charge is 0.159 e. The maximum atomic E-state index is 12.7. The van der Waals surface area contributed by atoms with Crippen molar-refractivity contribution in [2.75, 3.05) is 6.61 Å². The fourth-order valence-corrected chi connectivity index (χ4v) is 1.13. The molecule has 0 aromatic heterocycles. The maximum Gasteiger partial charge on any atom is 0.159 e. The van der Waals surface area contributed by atoms with Crippen LogP contribution >= 0.6 is 0 Å². The van der Waals surface area contributed by atoms with Crippen LogP contribution in [0.15, 0.2) is 12.1 Å². The third-order valence-electron chi connectivity index (χ3n) is 1.87. The van der Waals surface area contributed by atoms with E-state index in [0.717, 1.165) is 0 Å². The van der Waals surface area contributed by atoms with E-state index in [-0.39, 0.29) is 0 Å². The molecule has 0 saturated carbocycles. The minimum absolute atomic E-state index is 0.298. The summed E-state index contributed by atoms with van der Waals surface area (Å²) < 4.78 is 25.4. The Morgan fingerprint density at radius 1 is 1.31 bits per heavy atom. The molecule has 0 heterocycles. The number of hydrogen-bond acceptors (Lipinski definition) is 2. The number of nitrogens with two attached hydrogens (primary N) is 1. The minimum atomic E-state index is -0.836. The molecule has 1 aromatic rings. The molecule has 0 atom stereocenters. The lowest BCUT2D eigenvalue weighted by atomic mass is 10.1. The van der Waals surface area contributed by atoms with E-state index in [1.807, 2.05) is 0 Å². The molecule has 0 aliphatic heterocycles. The van der Waals surface area contributed by atoms with Crippen LogP contribution in [-0.2, 0) is 11.3 Å². The van der Waals surface area contributed by atoms with Crippen LogP contribution in [0.2, 0.25) is 0 Å². The van der Waals surface area contributed by atoms with Crippen molar-refractivity contribution in [1.82, 2.24) is 0 Å². The third kappa shape index (κ3) is 2.47. The van der Waals surface area contributed by atoms with Gasteiger partial charge in [-0.1, -0.05) is 0 Å². The molecule has 0 fully saturated rings. The Kier molecular flexibility index (Phi) is 3.33. The predicted octanol–water partition coefficient (Wildman–Crippen LogP) is 1.71. The van der Waals surface area contributed by atoms with E-state index in [0.29, 0.717) is 24.2 Å². The average Bonchev–Trinajstić information content (AvgIpc) is 2.09. The first kappa shape index (κ1) is 10.1. The average molecular weight is 187 g/mol. The molecule has 0 amide bonds. The minimum Gasteiger partial charge on any atom is -0.304 e. The highest BCUT2D eigenvalue weighted by molar-refractivity contribution is 5.27. The fourth-order valence-electron chi connectivity index (χ4n) is 1.13. The second-order valence-corrected chi connectivity index (χ2v) is 2.81. The first-order valence-electron chi connectivity index (χ1n) is 3.91. The van der Waals surface area contributed by atoms with Crippen LogP contribution in [0.5, 0.6) is 0 Å². The van der Waals surface area contributed by atoms with Crippen LogP contribution in [0.4, 0.5) is 8.78 Å². The van der Waals surface area contributed by atoms with Crippen molar-refractivity contribution in [3.63, 3.8) is 0 Å². The number of rotatable bonds is 3. The fraction of sp³-hybridized carbons (Fsp3) is 0.333. The summed E-state index contributed by atoms with van der Waals surface area (Å²) in [6.45, 7) is 2.01. The SMILES string of the molecule is Cc1cc(F)c(F)cc1CCON. The molecular formula is C9H11F2NO. The van der Waals surface area contributed by atoms with Gasteiger partial charge in [-0.3, -0.25) is 0 Å². The van der Waals surface area contributed by atoms with Crippen LogP contribution in [0, 0.1) is 18.6 Å². The number of benzene rings is 1. The highest BCUT2D eigenvalue weighted by Gasteiger charge is 2.06. The molecule has 2 N–H and O–H groups in total. The quantitative estimate of drug-likeness (QED) is 0.731. The lowest BCUT2D eigenvalue weighted by molar-refractivity contribution is 0.141. The molecule has 0 unspecified atom stereocenters. The lowest BCUT2D eigenvalue weighted by Crippen LogP contribution is -2.05. The standard InChI is InChI=1S/C9H11F2NO/c1-6-4-8(10)9(11)5-7(6)2-3-13-12/h4-5H,2-3,12H2,1H3. The van der Waals surface area contributed by atoms with Gasteiger partial charge in [0.2, 0.25) is 0 Å². The van der Waals surface area contributed by atoms with Crippen molar-refractivity contribution < 1.29 is 13.6 Å². The highest BCUT2D eigenvalue weighted by Crippen LogP contribution is 2.14. The first-order valence-corrected chi connectivity index (χ1v) is 3.91. The molecule has 0 aliphatic carbocycles. The van der Waals surface area contributed by atoms with Crippen molar-refractivity contribution in [2.24, 2.45) is 5.90 Å². The van der Waals surface area contributed by atoms with E-state index in [9.17, 15) is 8.78 Å². The zero-order valence-corrected chi connectivity index (χ0v) is 7.31. The van der Waals surface area contributed by atoms with E-state index in [1.54, 1.807) is 6.92 Å². The maximum absolute atomic E-state index is 12.7. The number of aryl methyl sites for hydroxylation is 1. The summed E-state index contributed by atoms with van der Waals surface area (Å²) in [7, 11) is 0. The second-order valence-electron chi connectivity index (χ2n) is 2.81. The van der Waals surface area contributed by atoms with E-state index in [4.69, 9.17) is 5.90 Å². The van der Waals surface area contributed by atoms with Gasteiger partial charge >= 0.3 is 0 Å². The van der Waals surface area contributed by atoms with E-state index >= 15 is 0 Å². The topological polar surface area (TPSA) is 35.2 Å². The van der Waals surface area contributed by atoms with Gasteiger partial charge in [-0.2, -0.15) is 0 Å². The molecule has 0 radical (unpaired) electrons. The molecule has 13 heavy (non-hydrogen) atoms. The molecule has 1 rings (SSSR count). The summed E-state index contributed by atoms with van der Waals surface area (Å²) in [6.07, 6.45) is 0.486.